The van der Waals surface area contributed by atoms with E-state index in [0.717, 1.165) is 6.42 Å². The smallest absolute Gasteiger partial charge is 0.230 e. The van der Waals surface area contributed by atoms with Crippen LogP contribution in [-0.2, 0) is 14.3 Å². The van der Waals surface area contributed by atoms with Crippen LogP contribution in [0.15, 0.2) is 0 Å². The van der Waals surface area contributed by atoms with Crippen molar-refractivity contribution in [3.05, 3.63) is 0 Å². The largest absolute Gasteiger partial charge is 0.379 e. The third kappa shape index (κ3) is 3.26. The van der Waals surface area contributed by atoms with Crippen molar-refractivity contribution in [2.75, 3.05) is 19.0 Å². The van der Waals surface area contributed by atoms with Gasteiger partial charge in [0.15, 0.2) is 0 Å². The maximum Gasteiger partial charge on any atom is 0.230 e. The lowest BCUT2D eigenvalue weighted by Gasteiger charge is -2.17. The molecule has 1 rings (SSSR count). The molecule has 0 saturated carbocycles. The fraction of sp³-hybridized carbons (Fsp3) is 0.875. The molecule has 1 unspecified atom stereocenters. The molecule has 0 bridgehead atoms. The molecule has 0 spiro atoms. The Morgan fingerprint density at radius 1 is 1.79 bits per heavy atom. The predicted molar refractivity (Wildman–Crippen MR) is 59.4 cm³/mol. The Kier molecular flexibility index (Phi) is 4.91. The Morgan fingerprint density at radius 2 is 2.50 bits per heavy atom. The molecule has 0 radical (unpaired) electrons. The van der Waals surface area contributed by atoms with Crippen LogP contribution in [0.25, 0.3) is 0 Å². The van der Waals surface area contributed by atoms with Gasteiger partial charge in [-0.15, -0.1) is 0 Å². The molecular weight excluding hydrogens is 249 g/mol. The van der Waals surface area contributed by atoms with E-state index in [4.69, 9.17) is 9.47 Å². The van der Waals surface area contributed by atoms with Crippen LogP contribution in [0.5, 0.6) is 0 Å². The minimum Gasteiger partial charge on any atom is -0.379 e. The summed E-state index contributed by atoms with van der Waals surface area (Å²) >= 11 is 3.08. The summed E-state index contributed by atoms with van der Waals surface area (Å²) in [6.07, 6.45) is 0.976. The van der Waals surface area contributed by atoms with Gasteiger partial charge in [-0.1, -0.05) is 15.9 Å². The fourth-order valence-electron chi connectivity index (χ4n) is 1.61. The van der Waals surface area contributed by atoms with Crippen LogP contribution < -0.4 is 5.32 Å². The van der Waals surface area contributed by atoms with Crippen molar-refractivity contribution in [3.8, 4) is 0 Å². The highest BCUT2D eigenvalue weighted by molar-refractivity contribution is 9.09. The molecule has 4 nitrogen and oxygen atoms in total. The second-order valence-corrected chi connectivity index (χ2v) is 3.99. The Hall–Kier alpha value is -0.0651. The zero-order valence-corrected chi connectivity index (χ0v) is 10.0. The molecular formula is C8H15BBrNO3. The van der Waals surface area contributed by atoms with Crippen molar-refractivity contribution in [2.45, 2.75) is 24.6 Å². The van der Waals surface area contributed by atoms with Crippen molar-refractivity contribution in [2.24, 2.45) is 0 Å². The first kappa shape index (κ1) is 12.0. The number of nitrogens with one attached hydrogen (secondary N) is 1. The van der Waals surface area contributed by atoms with Gasteiger partial charge in [0, 0.05) is 19.7 Å². The number of amides is 1. The molecule has 0 aromatic carbocycles. The first-order valence-corrected chi connectivity index (χ1v) is 5.80. The summed E-state index contributed by atoms with van der Waals surface area (Å²) in [6.45, 7) is 0.521. The SMILES string of the molecule is B[C@H]1CC(OC)[C@@H](CNC(=O)CBr)O1. The van der Waals surface area contributed by atoms with Gasteiger partial charge in [-0.2, -0.15) is 0 Å². The number of carbonyl (C=O) groups excluding carboxylic acids is 1. The molecule has 0 aromatic rings. The highest BCUT2D eigenvalue weighted by atomic mass is 79.9. The summed E-state index contributed by atoms with van der Waals surface area (Å²) in [4.78, 5) is 11.0. The summed E-state index contributed by atoms with van der Waals surface area (Å²) in [6, 6.07) is 0.214. The predicted octanol–water partition coefficient (Wildman–Crippen LogP) is -0.739. The second-order valence-electron chi connectivity index (χ2n) is 3.43. The minimum absolute atomic E-state index is 0.0157. The van der Waals surface area contributed by atoms with Gasteiger partial charge in [-0.05, 0) is 6.42 Å². The van der Waals surface area contributed by atoms with Crippen LogP contribution in [0.1, 0.15) is 6.42 Å². The molecule has 14 heavy (non-hydrogen) atoms. The molecule has 1 N–H and O–H groups in total. The average Bonchev–Trinajstić information content (AvgIpc) is 2.55. The molecule has 1 saturated heterocycles. The lowest BCUT2D eigenvalue weighted by molar-refractivity contribution is -0.119. The summed E-state index contributed by atoms with van der Waals surface area (Å²) in [7, 11) is 3.68. The van der Waals surface area contributed by atoms with Gasteiger partial charge in [0.1, 0.15) is 14.0 Å². The van der Waals surface area contributed by atoms with Gasteiger partial charge in [0.25, 0.3) is 0 Å². The summed E-state index contributed by atoms with van der Waals surface area (Å²) in [5.41, 5.74) is 0. The van der Waals surface area contributed by atoms with E-state index < -0.39 is 0 Å². The van der Waals surface area contributed by atoms with E-state index >= 15 is 0 Å². The number of alkyl halides is 1. The Balaban J connectivity index is 2.32. The van der Waals surface area contributed by atoms with Gasteiger partial charge < -0.3 is 14.8 Å². The summed E-state index contributed by atoms with van der Waals surface area (Å²) in [5.74, 6) is -0.0250. The van der Waals surface area contributed by atoms with E-state index in [1.54, 1.807) is 7.11 Å². The van der Waals surface area contributed by atoms with Crippen molar-refractivity contribution in [1.82, 2.24) is 5.32 Å². The van der Waals surface area contributed by atoms with Crippen molar-refractivity contribution < 1.29 is 14.3 Å². The van der Waals surface area contributed by atoms with E-state index in [0.29, 0.717) is 11.9 Å². The normalized spacial score (nSPS) is 31.7. The highest BCUT2D eigenvalue weighted by Gasteiger charge is 2.32. The number of hydrogen-bond donors (Lipinski definition) is 1. The van der Waals surface area contributed by atoms with E-state index in [9.17, 15) is 4.79 Å². The maximum atomic E-state index is 11.0. The van der Waals surface area contributed by atoms with E-state index in [1.807, 2.05) is 7.85 Å². The quantitative estimate of drug-likeness (QED) is 0.537. The van der Waals surface area contributed by atoms with E-state index in [2.05, 4.69) is 21.2 Å². The molecule has 1 aliphatic heterocycles. The third-order valence-electron chi connectivity index (χ3n) is 2.31. The molecule has 0 aromatic heterocycles. The zero-order chi connectivity index (χ0) is 10.6. The van der Waals surface area contributed by atoms with Gasteiger partial charge >= 0.3 is 0 Å². The number of hydrogen-bond acceptors (Lipinski definition) is 3. The topological polar surface area (TPSA) is 47.6 Å². The summed E-state index contributed by atoms with van der Waals surface area (Å²) < 4.78 is 10.9. The fourth-order valence-corrected chi connectivity index (χ4v) is 1.81. The van der Waals surface area contributed by atoms with Crippen LogP contribution in [0, 0.1) is 0 Å². The van der Waals surface area contributed by atoms with E-state index in [-0.39, 0.29) is 24.1 Å². The standard InChI is InChI=1S/C8H15BBrNO3/c1-13-5-2-7(9)14-6(5)4-11-8(12)3-10/h5-7H,2-4,9H2,1H3,(H,11,12)/t5?,6-,7-/m1/s1. The summed E-state index contributed by atoms with van der Waals surface area (Å²) in [5, 5.41) is 3.09. The molecule has 1 amide bonds. The monoisotopic (exact) mass is 263 g/mol. The second kappa shape index (κ2) is 5.73. The van der Waals surface area contributed by atoms with Crippen LogP contribution >= 0.6 is 15.9 Å². The van der Waals surface area contributed by atoms with Crippen LogP contribution in [-0.4, -0.2) is 50.9 Å². The number of ether oxygens (including phenoxy) is 2. The molecule has 3 atom stereocenters. The van der Waals surface area contributed by atoms with E-state index in [1.165, 1.54) is 0 Å². The van der Waals surface area contributed by atoms with Crippen molar-refractivity contribution in [3.63, 3.8) is 0 Å². The number of carbonyl (C=O) groups is 1. The minimum atomic E-state index is -0.0250. The first-order valence-electron chi connectivity index (χ1n) is 4.68. The maximum absolute atomic E-state index is 11.0. The molecule has 1 aliphatic rings. The highest BCUT2D eigenvalue weighted by Crippen LogP contribution is 2.20. The third-order valence-corrected chi connectivity index (χ3v) is 2.82. The first-order chi connectivity index (χ1) is 6.67. The number of rotatable bonds is 4. The van der Waals surface area contributed by atoms with Crippen molar-refractivity contribution in [1.29, 1.82) is 0 Å². The van der Waals surface area contributed by atoms with Gasteiger partial charge in [0.05, 0.1) is 11.4 Å². The zero-order valence-electron chi connectivity index (χ0n) is 8.46. The van der Waals surface area contributed by atoms with Gasteiger partial charge in [0.2, 0.25) is 5.91 Å². The lowest BCUT2D eigenvalue weighted by Crippen LogP contribution is -2.38. The Bertz CT molecular complexity index is 205. The van der Waals surface area contributed by atoms with Crippen LogP contribution in [0.3, 0.4) is 0 Å². The number of halogens is 1. The Morgan fingerprint density at radius 3 is 3.07 bits per heavy atom. The molecule has 0 aliphatic carbocycles. The van der Waals surface area contributed by atoms with Crippen LogP contribution in [0.2, 0.25) is 0 Å². The average molecular weight is 264 g/mol. The molecule has 80 valence electrons. The Labute approximate surface area is 93.2 Å². The number of methoxy groups -OCH3 is 1. The van der Waals surface area contributed by atoms with Gasteiger partial charge in [-0.25, -0.2) is 0 Å². The molecule has 6 heteroatoms. The molecule has 1 fully saturated rings. The van der Waals surface area contributed by atoms with Crippen LogP contribution in [0.4, 0.5) is 0 Å². The molecule has 1 heterocycles. The lowest BCUT2D eigenvalue weighted by atomic mass is 9.96. The van der Waals surface area contributed by atoms with Gasteiger partial charge in [-0.3, -0.25) is 4.79 Å². The van der Waals surface area contributed by atoms with Crippen molar-refractivity contribution >= 4 is 29.7 Å².